The highest BCUT2D eigenvalue weighted by Gasteiger charge is 2.11. The molecule has 0 bridgehead atoms. The normalized spacial score (nSPS) is 9.79. The lowest BCUT2D eigenvalue weighted by Crippen LogP contribution is -2.38. The van der Waals surface area contributed by atoms with Gasteiger partial charge in [-0.3, -0.25) is 4.90 Å². The van der Waals surface area contributed by atoms with Crippen LogP contribution in [0.3, 0.4) is 0 Å². The van der Waals surface area contributed by atoms with E-state index in [9.17, 15) is 9.59 Å². The highest BCUT2D eigenvalue weighted by atomic mass is 35.5. The Balaban J connectivity index is 2.50. The number of aliphatic carboxylic acids is 1. The first-order valence-electron chi connectivity index (χ1n) is 5.60. The summed E-state index contributed by atoms with van der Waals surface area (Å²) in [5.74, 6) is -1.06. The van der Waals surface area contributed by atoms with Crippen molar-refractivity contribution in [3.05, 3.63) is 41.4 Å². The van der Waals surface area contributed by atoms with E-state index in [-0.39, 0.29) is 24.6 Å². The summed E-state index contributed by atoms with van der Waals surface area (Å²) < 4.78 is 0. The summed E-state index contributed by atoms with van der Waals surface area (Å²) in [5.41, 5.74) is 0.716. The zero-order valence-corrected chi connectivity index (χ0v) is 11.3. The Morgan fingerprint density at radius 1 is 1.47 bits per heavy atom. The van der Waals surface area contributed by atoms with Crippen LogP contribution in [0.5, 0.6) is 0 Å². The molecule has 19 heavy (non-hydrogen) atoms. The minimum Gasteiger partial charge on any atom is -0.478 e. The van der Waals surface area contributed by atoms with Crippen LogP contribution in [0.15, 0.2) is 36.4 Å². The first-order chi connectivity index (χ1) is 8.91. The Morgan fingerprint density at radius 2 is 2.16 bits per heavy atom. The van der Waals surface area contributed by atoms with Gasteiger partial charge < -0.3 is 10.4 Å². The number of rotatable bonds is 5. The van der Waals surface area contributed by atoms with E-state index in [2.05, 4.69) is 11.9 Å². The van der Waals surface area contributed by atoms with Crippen molar-refractivity contribution in [1.82, 2.24) is 5.32 Å². The Kier molecular flexibility index (Phi) is 5.38. The molecule has 0 aliphatic heterocycles. The molecule has 1 rings (SSSR count). The number of carbonyl (C=O) groups is 2. The largest absolute Gasteiger partial charge is 0.478 e. The van der Waals surface area contributed by atoms with E-state index in [1.54, 1.807) is 31.3 Å². The van der Waals surface area contributed by atoms with Crippen molar-refractivity contribution in [2.45, 2.75) is 6.42 Å². The van der Waals surface area contributed by atoms with Crippen LogP contribution in [-0.4, -0.2) is 30.7 Å². The fourth-order valence-corrected chi connectivity index (χ4v) is 1.53. The van der Waals surface area contributed by atoms with Crippen LogP contribution in [0.2, 0.25) is 5.02 Å². The maximum absolute atomic E-state index is 11.8. The Labute approximate surface area is 116 Å². The molecule has 0 fully saturated rings. The van der Waals surface area contributed by atoms with Gasteiger partial charge in [-0.05, 0) is 24.6 Å². The van der Waals surface area contributed by atoms with Gasteiger partial charge in [0, 0.05) is 29.9 Å². The zero-order valence-electron chi connectivity index (χ0n) is 10.5. The van der Waals surface area contributed by atoms with Crippen molar-refractivity contribution >= 4 is 29.3 Å². The molecule has 0 saturated carbocycles. The summed E-state index contributed by atoms with van der Waals surface area (Å²) in [6.45, 7) is 3.60. The van der Waals surface area contributed by atoms with Crippen LogP contribution < -0.4 is 10.2 Å². The second-order valence-electron chi connectivity index (χ2n) is 3.93. The van der Waals surface area contributed by atoms with Gasteiger partial charge in [-0.1, -0.05) is 24.2 Å². The molecule has 0 unspecified atom stereocenters. The molecule has 0 aromatic heterocycles. The molecule has 0 spiro atoms. The number of urea groups is 1. The number of nitrogens with zero attached hydrogens (tertiary/aromatic N) is 1. The zero-order chi connectivity index (χ0) is 14.4. The van der Waals surface area contributed by atoms with Crippen molar-refractivity contribution in [1.29, 1.82) is 0 Å². The van der Waals surface area contributed by atoms with Crippen molar-refractivity contribution in [2.75, 3.05) is 18.5 Å². The average Bonchev–Trinajstić information content (AvgIpc) is 2.37. The van der Waals surface area contributed by atoms with Crippen molar-refractivity contribution in [3.8, 4) is 0 Å². The number of carbonyl (C=O) groups excluding carboxylic acids is 1. The predicted molar refractivity (Wildman–Crippen MR) is 74.6 cm³/mol. The lowest BCUT2D eigenvalue weighted by atomic mass is 10.2. The van der Waals surface area contributed by atoms with Crippen LogP contribution in [0.4, 0.5) is 10.5 Å². The number of benzene rings is 1. The minimum atomic E-state index is -1.06. The number of hydrogen-bond acceptors (Lipinski definition) is 2. The second-order valence-corrected chi connectivity index (χ2v) is 4.37. The monoisotopic (exact) mass is 282 g/mol. The van der Waals surface area contributed by atoms with Gasteiger partial charge in [0.1, 0.15) is 0 Å². The minimum absolute atomic E-state index is 0.0608. The SMILES string of the molecule is C=C(CCNC(=O)N(C)c1cccc(Cl)c1)C(=O)O. The number of hydrogen-bond donors (Lipinski definition) is 2. The van der Waals surface area contributed by atoms with E-state index >= 15 is 0 Å². The van der Waals surface area contributed by atoms with Gasteiger partial charge in [0.2, 0.25) is 0 Å². The molecule has 1 aromatic rings. The molecule has 0 radical (unpaired) electrons. The molecule has 5 nitrogen and oxygen atoms in total. The van der Waals surface area contributed by atoms with E-state index in [1.807, 2.05) is 0 Å². The Bertz CT molecular complexity index is 502. The number of nitrogens with one attached hydrogen (secondary N) is 1. The fourth-order valence-electron chi connectivity index (χ4n) is 1.35. The number of amides is 2. The third-order valence-electron chi connectivity index (χ3n) is 2.51. The molecule has 0 saturated heterocycles. The predicted octanol–water partition coefficient (Wildman–Crippen LogP) is 2.52. The van der Waals surface area contributed by atoms with Crippen LogP contribution in [0, 0.1) is 0 Å². The second kappa shape index (κ2) is 6.80. The third-order valence-corrected chi connectivity index (χ3v) is 2.74. The van der Waals surface area contributed by atoms with E-state index in [0.29, 0.717) is 10.7 Å². The lowest BCUT2D eigenvalue weighted by Gasteiger charge is -2.18. The quantitative estimate of drug-likeness (QED) is 0.815. The highest BCUT2D eigenvalue weighted by Crippen LogP contribution is 2.18. The highest BCUT2D eigenvalue weighted by molar-refractivity contribution is 6.30. The average molecular weight is 283 g/mol. The van der Waals surface area contributed by atoms with Gasteiger partial charge in [-0.15, -0.1) is 0 Å². The summed E-state index contributed by atoms with van der Waals surface area (Å²) in [6, 6.07) is 6.54. The van der Waals surface area contributed by atoms with Gasteiger partial charge in [0.15, 0.2) is 0 Å². The number of anilines is 1. The molecular weight excluding hydrogens is 268 g/mol. The first kappa shape index (κ1) is 15.0. The molecule has 0 aliphatic rings. The van der Waals surface area contributed by atoms with Crippen molar-refractivity contribution in [2.24, 2.45) is 0 Å². The molecule has 0 heterocycles. The third kappa shape index (κ3) is 4.63. The summed E-state index contributed by atoms with van der Waals surface area (Å²) in [6.07, 6.45) is 0.199. The van der Waals surface area contributed by atoms with E-state index < -0.39 is 5.97 Å². The summed E-state index contributed by atoms with van der Waals surface area (Å²) in [7, 11) is 1.60. The lowest BCUT2D eigenvalue weighted by molar-refractivity contribution is -0.132. The number of carboxylic acid groups (broad SMARTS) is 1. The summed E-state index contributed by atoms with van der Waals surface area (Å²) in [4.78, 5) is 23.7. The molecule has 102 valence electrons. The molecule has 1 aromatic carbocycles. The van der Waals surface area contributed by atoms with E-state index in [1.165, 1.54) is 4.90 Å². The standard InChI is InChI=1S/C13H15ClN2O3/c1-9(12(17)18)6-7-15-13(19)16(2)11-5-3-4-10(14)8-11/h3-5,8H,1,6-7H2,2H3,(H,15,19)(H,17,18). The van der Waals surface area contributed by atoms with Gasteiger partial charge >= 0.3 is 12.0 Å². The smallest absolute Gasteiger partial charge is 0.331 e. The van der Waals surface area contributed by atoms with Crippen LogP contribution in [0.25, 0.3) is 0 Å². The molecule has 2 amide bonds. The molecule has 6 heteroatoms. The Morgan fingerprint density at radius 3 is 2.74 bits per heavy atom. The van der Waals surface area contributed by atoms with Gasteiger partial charge in [-0.25, -0.2) is 9.59 Å². The van der Waals surface area contributed by atoms with Gasteiger partial charge in [0.05, 0.1) is 0 Å². The van der Waals surface area contributed by atoms with E-state index in [4.69, 9.17) is 16.7 Å². The number of carboxylic acids is 1. The van der Waals surface area contributed by atoms with Crippen molar-refractivity contribution in [3.63, 3.8) is 0 Å². The van der Waals surface area contributed by atoms with Crippen LogP contribution in [-0.2, 0) is 4.79 Å². The first-order valence-corrected chi connectivity index (χ1v) is 5.98. The van der Waals surface area contributed by atoms with Crippen LogP contribution >= 0.6 is 11.6 Å². The van der Waals surface area contributed by atoms with Gasteiger partial charge in [0.25, 0.3) is 0 Å². The summed E-state index contributed by atoms with van der Waals surface area (Å²) in [5, 5.41) is 11.8. The van der Waals surface area contributed by atoms with Gasteiger partial charge in [-0.2, -0.15) is 0 Å². The number of halogens is 1. The maximum atomic E-state index is 11.8. The maximum Gasteiger partial charge on any atom is 0.331 e. The molecule has 0 aliphatic carbocycles. The van der Waals surface area contributed by atoms with E-state index in [0.717, 1.165) is 0 Å². The molecule has 2 N–H and O–H groups in total. The summed E-state index contributed by atoms with van der Waals surface area (Å²) >= 11 is 5.84. The topological polar surface area (TPSA) is 69.6 Å². The van der Waals surface area contributed by atoms with Crippen molar-refractivity contribution < 1.29 is 14.7 Å². The molecular formula is C13H15ClN2O3. The van der Waals surface area contributed by atoms with Crippen LogP contribution in [0.1, 0.15) is 6.42 Å². The fraction of sp³-hybridized carbons (Fsp3) is 0.231. The Hall–Kier alpha value is -2.01. The molecule has 0 atom stereocenters.